The Morgan fingerprint density at radius 1 is 0.913 bits per heavy atom. The van der Waals surface area contributed by atoms with Gasteiger partial charge < -0.3 is 10.2 Å². The van der Waals surface area contributed by atoms with E-state index in [-0.39, 0.29) is 12.5 Å². The maximum atomic E-state index is 10.3. The van der Waals surface area contributed by atoms with E-state index in [2.05, 4.69) is 36.5 Å². The lowest BCUT2D eigenvalue weighted by molar-refractivity contribution is -0.137. The van der Waals surface area contributed by atoms with Gasteiger partial charge >= 0.3 is 5.97 Å². The molecule has 0 aromatic carbocycles. The Morgan fingerprint density at radius 2 is 1.48 bits per heavy atom. The van der Waals surface area contributed by atoms with Crippen molar-refractivity contribution in [1.82, 2.24) is 0 Å². The molecule has 0 saturated heterocycles. The third kappa shape index (κ3) is 18.1. The van der Waals surface area contributed by atoms with E-state index in [0.29, 0.717) is 6.42 Å². The zero-order chi connectivity index (χ0) is 17.2. The third-order valence-corrected chi connectivity index (χ3v) is 3.08. The van der Waals surface area contributed by atoms with Gasteiger partial charge in [0, 0.05) is 6.42 Å². The first-order chi connectivity index (χ1) is 11.2. The highest BCUT2D eigenvalue weighted by Crippen LogP contribution is 1.99. The van der Waals surface area contributed by atoms with Gasteiger partial charge in [-0.3, -0.25) is 4.79 Å². The Balaban J connectivity index is 3.55. The summed E-state index contributed by atoms with van der Waals surface area (Å²) in [5.74, 6) is -0.727. The maximum Gasteiger partial charge on any atom is 0.303 e. The molecule has 3 heteroatoms. The van der Waals surface area contributed by atoms with E-state index in [1.807, 2.05) is 25.2 Å². The summed E-state index contributed by atoms with van der Waals surface area (Å²) in [4.78, 5) is 10.3. The second-order valence-corrected chi connectivity index (χ2v) is 5.20. The van der Waals surface area contributed by atoms with Crippen LogP contribution in [0.1, 0.15) is 51.9 Å². The SMILES string of the molecule is CCC(O)C=CC=CCC=CCC=CCC=CCCCC(=O)O. The summed E-state index contributed by atoms with van der Waals surface area (Å²) in [6.45, 7) is 1.95. The number of unbranched alkanes of at least 4 members (excludes halogenated alkanes) is 1. The Kier molecular flexibility index (Phi) is 15.2. The van der Waals surface area contributed by atoms with Crippen molar-refractivity contribution in [3.05, 3.63) is 60.8 Å². The van der Waals surface area contributed by atoms with Crippen molar-refractivity contribution < 1.29 is 15.0 Å². The van der Waals surface area contributed by atoms with E-state index in [1.165, 1.54) is 0 Å². The first-order valence-electron chi connectivity index (χ1n) is 8.35. The Bertz CT molecular complexity index is 428. The molecule has 0 aromatic rings. The lowest BCUT2D eigenvalue weighted by Crippen LogP contribution is -1.97. The van der Waals surface area contributed by atoms with Crippen LogP contribution in [0.5, 0.6) is 0 Å². The molecular formula is C20H30O3. The van der Waals surface area contributed by atoms with Gasteiger partial charge in [0.1, 0.15) is 0 Å². The fourth-order valence-electron chi connectivity index (χ4n) is 1.69. The minimum atomic E-state index is -0.727. The monoisotopic (exact) mass is 318 g/mol. The fraction of sp³-hybridized carbons (Fsp3) is 0.450. The molecule has 0 aliphatic carbocycles. The summed E-state index contributed by atoms with van der Waals surface area (Å²) < 4.78 is 0. The third-order valence-electron chi connectivity index (χ3n) is 3.08. The number of allylic oxidation sites excluding steroid dienone is 9. The van der Waals surface area contributed by atoms with Crippen molar-refractivity contribution >= 4 is 5.97 Å². The van der Waals surface area contributed by atoms with Crippen molar-refractivity contribution in [3.63, 3.8) is 0 Å². The molecule has 23 heavy (non-hydrogen) atoms. The molecule has 0 amide bonds. The lowest BCUT2D eigenvalue weighted by atomic mass is 10.2. The summed E-state index contributed by atoms with van der Waals surface area (Å²) in [5.41, 5.74) is 0. The van der Waals surface area contributed by atoms with Crippen LogP contribution in [0.2, 0.25) is 0 Å². The number of aliphatic carboxylic acids is 1. The number of carboxylic acids is 1. The summed E-state index contributed by atoms with van der Waals surface area (Å²) >= 11 is 0. The molecule has 1 atom stereocenters. The van der Waals surface area contributed by atoms with Gasteiger partial charge in [0.25, 0.3) is 0 Å². The largest absolute Gasteiger partial charge is 0.481 e. The van der Waals surface area contributed by atoms with E-state index in [0.717, 1.165) is 32.1 Å². The van der Waals surface area contributed by atoms with E-state index in [4.69, 9.17) is 5.11 Å². The average Bonchev–Trinajstić information content (AvgIpc) is 2.53. The second kappa shape index (κ2) is 16.5. The van der Waals surface area contributed by atoms with Crippen molar-refractivity contribution in [3.8, 4) is 0 Å². The Hall–Kier alpha value is -1.87. The Labute approximate surface area is 140 Å². The molecule has 2 N–H and O–H groups in total. The predicted octanol–water partition coefficient (Wildman–Crippen LogP) is 4.96. The fourth-order valence-corrected chi connectivity index (χ4v) is 1.69. The average molecular weight is 318 g/mol. The molecule has 1 unspecified atom stereocenters. The first kappa shape index (κ1) is 21.1. The zero-order valence-corrected chi connectivity index (χ0v) is 14.1. The van der Waals surface area contributed by atoms with Crippen molar-refractivity contribution in [1.29, 1.82) is 0 Å². The van der Waals surface area contributed by atoms with Gasteiger partial charge in [-0.2, -0.15) is 0 Å². The highest BCUT2D eigenvalue weighted by atomic mass is 16.4. The van der Waals surface area contributed by atoms with Crippen molar-refractivity contribution in [2.45, 2.75) is 58.0 Å². The van der Waals surface area contributed by atoms with Gasteiger partial charge in [0.2, 0.25) is 0 Å². The number of carbonyl (C=O) groups is 1. The number of carboxylic acid groups (broad SMARTS) is 1. The van der Waals surface area contributed by atoms with Crippen LogP contribution in [0, 0.1) is 0 Å². The number of aliphatic hydroxyl groups excluding tert-OH is 1. The maximum absolute atomic E-state index is 10.3. The molecule has 0 radical (unpaired) electrons. The number of aliphatic hydroxyl groups is 1. The molecule has 3 nitrogen and oxygen atoms in total. The smallest absolute Gasteiger partial charge is 0.303 e. The van der Waals surface area contributed by atoms with E-state index in [1.54, 1.807) is 6.08 Å². The molecule has 0 heterocycles. The quantitative estimate of drug-likeness (QED) is 0.286. The van der Waals surface area contributed by atoms with Crippen LogP contribution in [0.25, 0.3) is 0 Å². The van der Waals surface area contributed by atoms with E-state index in [9.17, 15) is 9.90 Å². The van der Waals surface area contributed by atoms with Crippen LogP contribution < -0.4 is 0 Å². The normalized spacial score (nSPS) is 14.2. The van der Waals surface area contributed by atoms with Gasteiger partial charge in [-0.25, -0.2) is 0 Å². The van der Waals surface area contributed by atoms with Crippen LogP contribution in [0.3, 0.4) is 0 Å². The van der Waals surface area contributed by atoms with Gasteiger partial charge in [-0.1, -0.05) is 67.7 Å². The summed E-state index contributed by atoms with van der Waals surface area (Å²) in [6.07, 6.45) is 25.2. The number of hydrogen-bond acceptors (Lipinski definition) is 2. The second-order valence-electron chi connectivity index (χ2n) is 5.20. The van der Waals surface area contributed by atoms with Crippen LogP contribution in [-0.4, -0.2) is 22.3 Å². The summed E-state index contributed by atoms with van der Waals surface area (Å²) in [6, 6.07) is 0. The zero-order valence-electron chi connectivity index (χ0n) is 14.1. The highest BCUT2D eigenvalue weighted by molar-refractivity contribution is 5.66. The summed E-state index contributed by atoms with van der Waals surface area (Å²) in [7, 11) is 0. The molecular weight excluding hydrogens is 288 g/mol. The van der Waals surface area contributed by atoms with Gasteiger partial charge in [0.15, 0.2) is 0 Å². The number of hydrogen-bond donors (Lipinski definition) is 2. The van der Waals surface area contributed by atoms with Crippen molar-refractivity contribution in [2.24, 2.45) is 0 Å². The molecule has 0 spiro atoms. The van der Waals surface area contributed by atoms with Crippen LogP contribution >= 0.6 is 0 Å². The van der Waals surface area contributed by atoms with Crippen LogP contribution in [-0.2, 0) is 4.79 Å². The minimum Gasteiger partial charge on any atom is -0.481 e. The van der Waals surface area contributed by atoms with E-state index < -0.39 is 5.97 Å². The van der Waals surface area contributed by atoms with E-state index >= 15 is 0 Å². The molecule has 0 aliphatic rings. The molecule has 0 rings (SSSR count). The van der Waals surface area contributed by atoms with Crippen molar-refractivity contribution in [2.75, 3.05) is 0 Å². The first-order valence-corrected chi connectivity index (χ1v) is 8.35. The molecule has 0 aliphatic heterocycles. The van der Waals surface area contributed by atoms with Crippen LogP contribution in [0.15, 0.2) is 60.8 Å². The molecule has 128 valence electrons. The molecule has 0 bridgehead atoms. The Morgan fingerprint density at radius 3 is 2.04 bits per heavy atom. The minimum absolute atomic E-state index is 0.244. The van der Waals surface area contributed by atoms with Gasteiger partial charge in [0.05, 0.1) is 6.10 Å². The van der Waals surface area contributed by atoms with Gasteiger partial charge in [-0.05, 0) is 38.5 Å². The summed E-state index contributed by atoms with van der Waals surface area (Å²) in [5, 5.41) is 17.8. The molecule has 0 saturated carbocycles. The van der Waals surface area contributed by atoms with Gasteiger partial charge in [-0.15, -0.1) is 0 Å². The predicted molar refractivity (Wildman–Crippen MR) is 97.3 cm³/mol. The topological polar surface area (TPSA) is 57.5 Å². The van der Waals surface area contributed by atoms with Crippen LogP contribution in [0.4, 0.5) is 0 Å². The lowest BCUT2D eigenvalue weighted by Gasteiger charge is -1.95. The molecule has 0 aromatic heterocycles. The highest BCUT2D eigenvalue weighted by Gasteiger charge is 1.92. The standard InChI is InChI=1S/C20H30O3/c1-2-19(21)17-15-13-11-9-7-5-3-4-6-8-10-12-14-16-18-20(22)23/h4-7,10-13,15,17,19,21H,2-3,8-9,14,16,18H2,1H3,(H,22,23). The molecule has 0 fully saturated rings. The number of rotatable bonds is 13.